The highest BCUT2D eigenvalue weighted by molar-refractivity contribution is 6.00. The molecule has 1 aromatic rings. The smallest absolute Gasteiger partial charge is 0.311 e. The van der Waals surface area contributed by atoms with Gasteiger partial charge in [-0.3, -0.25) is 14.4 Å². The number of nitriles is 1. The van der Waals surface area contributed by atoms with Crippen molar-refractivity contribution in [2.45, 2.75) is 37.6 Å². The Morgan fingerprint density at radius 3 is 2.70 bits per heavy atom. The number of fused-ring (bicyclic) bond motifs is 1. The Hall–Kier alpha value is -3.28. The van der Waals surface area contributed by atoms with E-state index >= 15 is 0 Å². The molecule has 9 heteroatoms. The van der Waals surface area contributed by atoms with Crippen LogP contribution in [0.15, 0.2) is 18.2 Å². The van der Waals surface area contributed by atoms with Crippen molar-refractivity contribution in [2.75, 3.05) is 31.3 Å². The Morgan fingerprint density at radius 1 is 1.23 bits per heavy atom. The molecule has 9 nitrogen and oxygen atoms in total. The molecule has 1 saturated heterocycles. The molecule has 1 N–H and O–H groups in total. The minimum Gasteiger partial charge on any atom is -0.486 e. The maximum absolute atomic E-state index is 12.4. The zero-order valence-electron chi connectivity index (χ0n) is 16.5. The fourth-order valence-corrected chi connectivity index (χ4v) is 4.12. The van der Waals surface area contributed by atoms with Crippen molar-refractivity contribution in [2.24, 2.45) is 5.92 Å². The highest BCUT2D eigenvalue weighted by Gasteiger charge is 2.38. The predicted molar refractivity (Wildman–Crippen MR) is 104 cm³/mol. The first kappa shape index (κ1) is 20.0. The van der Waals surface area contributed by atoms with Crippen LogP contribution in [0.4, 0.5) is 5.69 Å². The van der Waals surface area contributed by atoms with Crippen LogP contribution < -0.4 is 19.7 Å². The number of ether oxygens (including phenoxy) is 3. The Balaban J connectivity index is 1.32. The van der Waals surface area contributed by atoms with E-state index in [1.54, 1.807) is 18.2 Å². The van der Waals surface area contributed by atoms with Crippen molar-refractivity contribution in [3.05, 3.63) is 18.2 Å². The normalized spacial score (nSPS) is 21.8. The molecule has 1 aliphatic carbocycles. The van der Waals surface area contributed by atoms with Crippen molar-refractivity contribution >= 4 is 23.5 Å². The summed E-state index contributed by atoms with van der Waals surface area (Å²) in [5.74, 6) is -0.776. The monoisotopic (exact) mass is 413 g/mol. The van der Waals surface area contributed by atoms with E-state index in [-0.39, 0.29) is 18.9 Å². The van der Waals surface area contributed by atoms with Crippen LogP contribution in [0.5, 0.6) is 11.5 Å². The third kappa shape index (κ3) is 4.03. The van der Waals surface area contributed by atoms with E-state index in [0.29, 0.717) is 43.2 Å². The molecule has 4 rings (SSSR count). The van der Waals surface area contributed by atoms with Gasteiger partial charge < -0.3 is 24.4 Å². The molecule has 1 saturated carbocycles. The van der Waals surface area contributed by atoms with Crippen LogP contribution >= 0.6 is 0 Å². The Kier molecular flexibility index (Phi) is 5.48. The van der Waals surface area contributed by atoms with Gasteiger partial charge in [0.15, 0.2) is 18.1 Å². The van der Waals surface area contributed by atoms with E-state index in [9.17, 15) is 19.6 Å². The second kappa shape index (κ2) is 8.22. The van der Waals surface area contributed by atoms with Gasteiger partial charge >= 0.3 is 5.97 Å². The lowest BCUT2D eigenvalue weighted by atomic mass is 10.00. The van der Waals surface area contributed by atoms with Gasteiger partial charge in [0.1, 0.15) is 18.8 Å². The topological polar surface area (TPSA) is 118 Å². The number of hydrogen-bond acceptors (Lipinski definition) is 7. The number of nitrogens with zero attached hydrogens (tertiary/aromatic N) is 2. The van der Waals surface area contributed by atoms with Crippen LogP contribution in [-0.2, 0) is 19.1 Å². The molecule has 0 unspecified atom stereocenters. The van der Waals surface area contributed by atoms with E-state index in [2.05, 4.69) is 11.4 Å². The predicted octanol–water partition coefficient (Wildman–Crippen LogP) is 1.31. The summed E-state index contributed by atoms with van der Waals surface area (Å²) >= 11 is 0. The first-order chi connectivity index (χ1) is 14.5. The van der Waals surface area contributed by atoms with E-state index in [0.717, 1.165) is 12.8 Å². The average molecular weight is 413 g/mol. The third-order valence-electron chi connectivity index (χ3n) is 5.69. The largest absolute Gasteiger partial charge is 0.486 e. The lowest BCUT2D eigenvalue weighted by Crippen LogP contribution is -2.47. The van der Waals surface area contributed by atoms with Gasteiger partial charge in [0, 0.05) is 24.7 Å². The molecule has 158 valence electrons. The molecular formula is C21H23N3O6. The van der Waals surface area contributed by atoms with Gasteiger partial charge in [0.2, 0.25) is 5.91 Å². The standard InChI is InChI=1S/C21H23N3O6/c22-13-21(5-1-2-6-21)23-18(25)12-30-20(27)14-9-19(26)24(11-14)15-3-4-16-17(10-15)29-8-7-28-16/h3-4,10,14H,1-2,5-9,11-12H2,(H,23,25)/t14-/m0/s1. The number of esters is 1. The molecule has 2 heterocycles. The number of amides is 2. The molecule has 2 amide bonds. The maximum atomic E-state index is 12.4. The molecule has 0 radical (unpaired) electrons. The summed E-state index contributed by atoms with van der Waals surface area (Å²) in [4.78, 5) is 38.5. The molecule has 2 aliphatic heterocycles. The van der Waals surface area contributed by atoms with Gasteiger partial charge in [-0.2, -0.15) is 5.26 Å². The number of benzene rings is 1. The van der Waals surface area contributed by atoms with Gasteiger partial charge in [-0.1, -0.05) is 0 Å². The summed E-state index contributed by atoms with van der Waals surface area (Å²) in [6, 6.07) is 7.36. The summed E-state index contributed by atoms with van der Waals surface area (Å²) in [5, 5.41) is 12.0. The highest BCUT2D eigenvalue weighted by atomic mass is 16.6. The first-order valence-corrected chi connectivity index (χ1v) is 10.1. The van der Waals surface area contributed by atoms with E-state index in [4.69, 9.17) is 14.2 Å². The lowest BCUT2D eigenvalue weighted by Gasteiger charge is -2.22. The summed E-state index contributed by atoms with van der Waals surface area (Å²) in [5.41, 5.74) is -0.239. The summed E-state index contributed by atoms with van der Waals surface area (Å²) < 4.78 is 16.2. The minimum atomic E-state index is -0.859. The summed E-state index contributed by atoms with van der Waals surface area (Å²) in [7, 11) is 0. The van der Waals surface area contributed by atoms with Crippen molar-refractivity contribution in [3.63, 3.8) is 0 Å². The Morgan fingerprint density at radius 2 is 1.97 bits per heavy atom. The molecule has 2 fully saturated rings. The number of rotatable bonds is 5. The zero-order valence-corrected chi connectivity index (χ0v) is 16.5. The van der Waals surface area contributed by atoms with Crippen LogP contribution in [0.25, 0.3) is 0 Å². The van der Waals surface area contributed by atoms with Crippen LogP contribution in [0.2, 0.25) is 0 Å². The Labute approximate surface area is 173 Å². The molecule has 1 aromatic carbocycles. The molecule has 0 bridgehead atoms. The molecule has 3 aliphatic rings. The third-order valence-corrected chi connectivity index (χ3v) is 5.69. The lowest BCUT2D eigenvalue weighted by molar-refractivity contribution is -0.152. The average Bonchev–Trinajstić information content (AvgIpc) is 3.39. The highest BCUT2D eigenvalue weighted by Crippen LogP contribution is 2.36. The number of nitrogens with one attached hydrogen (secondary N) is 1. The van der Waals surface area contributed by atoms with Crippen molar-refractivity contribution < 1.29 is 28.6 Å². The van der Waals surface area contributed by atoms with Crippen molar-refractivity contribution in [3.8, 4) is 17.6 Å². The van der Waals surface area contributed by atoms with Gasteiger partial charge in [-0.25, -0.2) is 0 Å². The quantitative estimate of drug-likeness (QED) is 0.723. The SMILES string of the molecule is N#CC1(NC(=O)COC(=O)[C@H]2CC(=O)N(c3ccc4c(c3)OCCO4)C2)CCCC1. The van der Waals surface area contributed by atoms with Gasteiger partial charge in [-0.05, 0) is 37.8 Å². The van der Waals surface area contributed by atoms with E-state index in [1.165, 1.54) is 4.90 Å². The second-order valence-corrected chi connectivity index (χ2v) is 7.79. The van der Waals surface area contributed by atoms with Crippen molar-refractivity contribution in [1.82, 2.24) is 5.32 Å². The molecule has 0 spiro atoms. The fourth-order valence-electron chi connectivity index (χ4n) is 4.12. The van der Waals surface area contributed by atoms with Gasteiger partial charge in [0.25, 0.3) is 5.91 Å². The Bertz CT molecular complexity index is 902. The molecular weight excluding hydrogens is 390 g/mol. The van der Waals surface area contributed by atoms with Gasteiger partial charge in [0.05, 0.1) is 12.0 Å². The number of anilines is 1. The van der Waals surface area contributed by atoms with Crippen LogP contribution in [0.1, 0.15) is 32.1 Å². The first-order valence-electron chi connectivity index (χ1n) is 10.1. The molecule has 0 aromatic heterocycles. The number of hydrogen-bond donors (Lipinski definition) is 1. The van der Waals surface area contributed by atoms with Crippen LogP contribution in [0, 0.1) is 17.2 Å². The van der Waals surface area contributed by atoms with Crippen molar-refractivity contribution in [1.29, 1.82) is 5.26 Å². The van der Waals surface area contributed by atoms with Crippen LogP contribution in [-0.4, -0.2) is 49.7 Å². The van der Waals surface area contributed by atoms with E-state index in [1.807, 2.05) is 0 Å². The number of carbonyl (C=O) groups excluding carboxylic acids is 3. The van der Waals surface area contributed by atoms with E-state index < -0.39 is 29.9 Å². The molecule has 30 heavy (non-hydrogen) atoms. The van der Waals surface area contributed by atoms with Gasteiger partial charge in [-0.15, -0.1) is 0 Å². The maximum Gasteiger partial charge on any atom is 0.311 e. The number of carbonyl (C=O) groups is 3. The fraction of sp³-hybridized carbons (Fsp3) is 0.524. The molecule has 1 atom stereocenters. The zero-order chi connectivity index (χ0) is 21.1. The van der Waals surface area contributed by atoms with Crippen LogP contribution in [0.3, 0.4) is 0 Å². The summed E-state index contributed by atoms with van der Waals surface area (Å²) in [6.45, 7) is 0.624. The summed E-state index contributed by atoms with van der Waals surface area (Å²) in [6.07, 6.45) is 2.98. The minimum absolute atomic E-state index is 0.0109. The second-order valence-electron chi connectivity index (χ2n) is 7.79.